The van der Waals surface area contributed by atoms with Crippen LogP contribution in [0.3, 0.4) is 0 Å². The summed E-state index contributed by atoms with van der Waals surface area (Å²) in [5, 5.41) is 0. The van der Waals surface area contributed by atoms with E-state index in [4.69, 9.17) is 9.47 Å². The Hall–Kier alpha value is -4.26. The van der Waals surface area contributed by atoms with Crippen molar-refractivity contribution in [2.45, 2.75) is 19.8 Å². The molecule has 1 N–H and O–H groups in total. The van der Waals surface area contributed by atoms with Crippen molar-refractivity contribution in [2.75, 3.05) is 7.11 Å². The second-order valence-electron chi connectivity index (χ2n) is 7.90. The Balaban J connectivity index is 1.39. The lowest BCUT2D eigenvalue weighted by molar-refractivity contribution is -0.117. The maximum atomic E-state index is 13.9. The summed E-state index contributed by atoms with van der Waals surface area (Å²) in [6.07, 6.45) is 3.56. The van der Waals surface area contributed by atoms with E-state index >= 15 is 0 Å². The quantitative estimate of drug-likeness (QED) is 0.355. The van der Waals surface area contributed by atoms with Gasteiger partial charge < -0.3 is 14.5 Å². The van der Waals surface area contributed by atoms with Crippen LogP contribution in [0, 0.1) is 12.7 Å². The summed E-state index contributed by atoms with van der Waals surface area (Å²) in [5.41, 5.74) is 3.86. The van der Waals surface area contributed by atoms with E-state index in [0.717, 1.165) is 16.7 Å². The first-order valence-corrected chi connectivity index (χ1v) is 10.7. The molecular weight excluding hydrogens is 435 g/mol. The normalized spacial score (nSPS) is 10.7. The number of aryl methyl sites for hydroxylation is 1. The lowest BCUT2D eigenvalue weighted by Crippen LogP contribution is -2.08. The first-order valence-electron chi connectivity index (χ1n) is 10.7. The third-order valence-electron chi connectivity index (χ3n) is 5.26. The third kappa shape index (κ3) is 5.56. The fourth-order valence-corrected chi connectivity index (χ4v) is 3.56. The van der Waals surface area contributed by atoms with Crippen molar-refractivity contribution in [1.82, 2.24) is 9.97 Å². The van der Waals surface area contributed by atoms with Crippen LogP contribution in [0.2, 0.25) is 0 Å². The molecule has 6 nitrogen and oxygen atoms in total. The number of carbonyl (C=O) groups excluding carboxylic acids is 2. The number of pyridine rings is 1. The number of hydrogen-bond donors (Lipinski definition) is 1. The molecule has 0 unspecified atom stereocenters. The highest BCUT2D eigenvalue weighted by atomic mass is 19.1. The molecule has 34 heavy (non-hydrogen) atoms. The molecule has 2 aromatic carbocycles. The van der Waals surface area contributed by atoms with E-state index in [2.05, 4.69) is 9.97 Å². The van der Waals surface area contributed by atoms with Crippen molar-refractivity contribution in [3.63, 3.8) is 0 Å². The molecule has 2 aromatic heterocycles. The molecule has 0 aliphatic heterocycles. The molecule has 0 saturated carbocycles. The van der Waals surface area contributed by atoms with Crippen LogP contribution in [-0.2, 0) is 22.4 Å². The standard InChI is InChI=1S/C27H23FN2O4/c1-17-3-8-24(28)19(11-17)13-21(31)12-18-4-6-22(7-5-18)34-23-9-10-29-25(15-23)20-14-26(30-16-20)27(32)33-2/h3-11,14-16,30H,12-13H2,1-2H3. The highest BCUT2D eigenvalue weighted by Gasteiger charge is 2.12. The van der Waals surface area contributed by atoms with Crippen LogP contribution in [0.15, 0.2) is 73.1 Å². The summed E-state index contributed by atoms with van der Waals surface area (Å²) < 4.78 is 24.6. The summed E-state index contributed by atoms with van der Waals surface area (Å²) in [5.74, 6) is 0.295. The Morgan fingerprint density at radius 2 is 1.76 bits per heavy atom. The number of H-pyrrole nitrogens is 1. The molecule has 0 aliphatic carbocycles. The molecule has 4 rings (SSSR count). The van der Waals surface area contributed by atoms with E-state index in [1.54, 1.807) is 54.9 Å². The number of benzene rings is 2. The first kappa shape index (κ1) is 22.9. The third-order valence-corrected chi connectivity index (χ3v) is 5.26. The SMILES string of the molecule is COC(=O)c1cc(-c2cc(Oc3ccc(CC(=O)Cc4cc(C)ccc4F)cc3)ccn2)c[nH]1. The minimum atomic E-state index is -0.457. The molecule has 172 valence electrons. The monoisotopic (exact) mass is 458 g/mol. The molecule has 0 aliphatic rings. The van der Waals surface area contributed by atoms with Crippen LogP contribution in [0.5, 0.6) is 11.5 Å². The number of esters is 1. The molecule has 0 atom stereocenters. The number of Topliss-reactive ketones (excluding diaryl/α,β-unsaturated/α-hetero) is 1. The molecule has 7 heteroatoms. The number of methoxy groups -OCH3 is 1. The molecule has 4 aromatic rings. The number of rotatable bonds is 8. The number of carbonyl (C=O) groups is 2. The Morgan fingerprint density at radius 3 is 2.53 bits per heavy atom. The maximum absolute atomic E-state index is 13.9. The van der Waals surface area contributed by atoms with Crippen molar-refractivity contribution < 1.29 is 23.5 Å². The van der Waals surface area contributed by atoms with Crippen molar-refractivity contribution in [1.29, 1.82) is 0 Å². The number of nitrogens with one attached hydrogen (secondary N) is 1. The number of nitrogens with zero attached hydrogens (tertiary/aromatic N) is 1. The molecule has 2 heterocycles. The highest BCUT2D eigenvalue weighted by molar-refractivity contribution is 5.89. The summed E-state index contributed by atoms with van der Waals surface area (Å²) >= 11 is 0. The second-order valence-corrected chi connectivity index (χ2v) is 7.90. The molecule has 0 radical (unpaired) electrons. The summed E-state index contributed by atoms with van der Waals surface area (Å²) in [6, 6.07) is 17.1. The van der Waals surface area contributed by atoms with Gasteiger partial charge in [-0.2, -0.15) is 0 Å². The van der Waals surface area contributed by atoms with Gasteiger partial charge in [-0.05, 0) is 48.4 Å². The van der Waals surface area contributed by atoms with Crippen LogP contribution in [0.1, 0.15) is 27.2 Å². The predicted molar refractivity (Wildman–Crippen MR) is 125 cm³/mol. The van der Waals surface area contributed by atoms with Gasteiger partial charge in [0, 0.05) is 36.9 Å². The zero-order valence-electron chi connectivity index (χ0n) is 18.8. The topological polar surface area (TPSA) is 81.3 Å². The van der Waals surface area contributed by atoms with Crippen LogP contribution < -0.4 is 4.74 Å². The van der Waals surface area contributed by atoms with Crippen molar-refractivity contribution in [2.24, 2.45) is 0 Å². The lowest BCUT2D eigenvalue weighted by Gasteiger charge is -2.08. The van der Waals surface area contributed by atoms with Gasteiger partial charge in [0.25, 0.3) is 0 Å². The van der Waals surface area contributed by atoms with Gasteiger partial charge in [-0.25, -0.2) is 9.18 Å². The van der Waals surface area contributed by atoms with E-state index in [1.165, 1.54) is 13.2 Å². The number of aromatic nitrogens is 2. The number of ketones is 1. The molecule has 0 bridgehead atoms. The lowest BCUT2D eigenvalue weighted by atomic mass is 10.0. The zero-order valence-corrected chi connectivity index (χ0v) is 18.8. The van der Waals surface area contributed by atoms with Gasteiger partial charge in [0.2, 0.25) is 0 Å². The predicted octanol–water partition coefficient (Wildman–Crippen LogP) is 5.46. The van der Waals surface area contributed by atoms with E-state index < -0.39 is 5.97 Å². The van der Waals surface area contributed by atoms with Gasteiger partial charge in [0.1, 0.15) is 28.8 Å². The Labute approximate surface area is 196 Å². The van der Waals surface area contributed by atoms with Gasteiger partial charge >= 0.3 is 5.97 Å². The van der Waals surface area contributed by atoms with E-state index in [1.807, 2.05) is 19.1 Å². The average molecular weight is 458 g/mol. The first-order chi connectivity index (χ1) is 16.4. The van der Waals surface area contributed by atoms with E-state index in [9.17, 15) is 14.0 Å². The molecule has 0 fully saturated rings. The number of ether oxygens (including phenoxy) is 2. The Morgan fingerprint density at radius 1 is 0.971 bits per heavy atom. The molecule has 0 spiro atoms. The van der Waals surface area contributed by atoms with Gasteiger partial charge in [-0.15, -0.1) is 0 Å². The summed E-state index contributed by atoms with van der Waals surface area (Å²) in [4.78, 5) is 31.3. The fourth-order valence-electron chi connectivity index (χ4n) is 3.56. The molecule has 0 amide bonds. The summed E-state index contributed by atoms with van der Waals surface area (Å²) in [6.45, 7) is 1.87. The number of hydrogen-bond acceptors (Lipinski definition) is 5. The average Bonchev–Trinajstić information content (AvgIpc) is 3.33. The van der Waals surface area contributed by atoms with Gasteiger partial charge in [-0.1, -0.05) is 29.8 Å². The van der Waals surface area contributed by atoms with E-state index in [0.29, 0.717) is 28.5 Å². The van der Waals surface area contributed by atoms with Crippen molar-refractivity contribution >= 4 is 11.8 Å². The Bertz CT molecular complexity index is 1330. The largest absolute Gasteiger partial charge is 0.464 e. The van der Waals surface area contributed by atoms with Gasteiger partial charge in [0.05, 0.1) is 12.8 Å². The van der Waals surface area contributed by atoms with E-state index in [-0.39, 0.29) is 24.4 Å². The maximum Gasteiger partial charge on any atom is 0.354 e. The Kier molecular flexibility index (Phi) is 6.82. The summed E-state index contributed by atoms with van der Waals surface area (Å²) in [7, 11) is 1.32. The van der Waals surface area contributed by atoms with Crippen LogP contribution in [0.25, 0.3) is 11.3 Å². The van der Waals surface area contributed by atoms with Crippen LogP contribution >= 0.6 is 0 Å². The molecular formula is C27H23FN2O4. The van der Waals surface area contributed by atoms with Gasteiger partial charge in [0.15, 0.2) is 0 Å². The van der Waals surface area contributed by atoms with Crippen LogP contribution in [-0.4, -0.2) is 28.8 Å². The fraction of sp³-hybridized carbons (Fsp3) is 0.148. The zero-order chi connectivity index (χ0) is 24.1. The number of halogens is 1. The molecule has 0 saturated heterocycles. The smallest absolute Gasteiger partial charge is 0.354 e. The van der Waals surface area contributed by atoms with Crippen molar-refractivity contribution in [3.8, 4) is 22.8 Å². The highest BCUT2D eigenvalue weighted by Crippen LogP contribution is 2.26. The van der Waals surface area contributed by atoms with Crippen molar-refractivity contribution in [3.05, 3.63) is 101 Å². The minimum Gasteiger partial charge on any atom is -0.464 e. The number of aromatic amines is 1. The van der Waals surface area contributed by atoms with Gasteiger partial charge in [-0.3, -0.25) is 9.78 Å². The second kappa shape index (κ2) is 10.1. The minimum absolute atomic E-state index is 0.0579. The van der Waals surface area contributed by atoms with Crippen LogP contribution in [0.4, 0.5) is 4.39 Å².